The van der Waals surface area contributed by atoms with Gasteiger partial charge in [0.1, 0.15) is 5.75 Å². The maximum Gasteiger partial charge on any atom is 0.119 e. The number of ether oxygens (including phenoxy) is 2. The van der Waals surface area contributed by atoms with E-state index in [-0.39, 0.29) is 6.04 Å². The smallest absolute Gasteiger partial charge is 0.119 e. The molecular formula is C25H40N2O2. The number of hydrazine groups is 1. The van der Waals surface area contributed by atoms with Crippen LogP contribution in [0.1, 0.15) is 64.6 Å². The van der Waals surface area contributed by atoms with Gasteiger partial charge in [-0.25, -0.2) is 5.43 Å². The van der Waals surface area contributed by atoms with Gasteiger partial charge in [0.05, 0.1) is 12.6 Å². The van der Waals surface area contributed by atoms with E-state index in [4.69, 9.17) is 9.47 Å². The number of hydrogen-bond acceptors (Lipinski definition) is 4. The lowest BCUT2D eigenvalue weighted by Gasteiger charge is -2.21. The zero-order valence-electron chi connectivity index (χ0n) is 18.9. The molecule has 2 N–H and O–H groups in total. The van der Waals surface area contributed by atoms with Crippen molar-refractivity contribution in [3.05, 3.63) is 65.7 Å². The van der Waals surface area contributed by atoms with E-state index in [1.807, 2.05) is 32.9 Å². The molecule has 0 bridgehead atoms. The molecule has 0 aliphatic carbocycles. The van der Waals surface area contributed by atoms with Crippen molar-refractivity contribution in [3.63, 3.8) is 0 Å². The number of rotatable bonds is 13. The molecule has 2 aromatic rings. The van der Waals surface area contributed by atoms with E-state index >= 15 is 0 Å². The zero-order valence-corrected chi connectivity index (χ0v) is 18.9. The van der Waals surface area contributed by atoms with Gasteiger partial charge < -0.3 is 9.47 Å². The first-order valence-corrected chi connectivity index (χ1v) is 11.1. The highest BCUT2D eigenvalue weighted by Crippen LogP contribution is 2.25. The normalized spacial score (nSPS) is 12.6. The summed E-state index contributed by atoms with van der Waals surface area (Å²) < 4.78 is 11.4. The minimum atomic E-state index is 0.0606. The summed E-state index contributed by atoms with van der Waals surface area (Å²) in [5, 5.41) is 0. The topological polar surface area (TPSA) is 42.5 Å². The van der Waals surface area contributed by atoms with Crippen LogP contribution in [-0.2, 0) is 4.74 Å². The largest absolute Gasteiger partial charge is 0.493 e. The lowest BCUT2D eigenvalue weighted by Crippen LogP contribution is -2.37. The molecule has 1 unspecified atom stereocenters. The van der Waals surface area contributed by atoms with Crippen LogP contribution in [0.4, 0.5) is 0 Å². The lowest BCUT2D eigenvalue weighted by atomic mass is 9.99. The standard InChI is InChI=1S/C23H34N2O2.C2H6/c1-4-19(3)18-27-22-14-9-13-21(17-22)23(20-11-7-6-8-12-20)25-24-15-10-16-26-5-2;1-2/h6-9,11-14,17,19,23-25H,4-5,10,15-16,18H2,1-3H3;1-2H3/t19-,23?;/m0./s1. The van der Waals surface area contributed by atoms with Crippen LogP contribution < -0.4 is 15.6 Å². The first-order valence-electron chi connectivity index (χ1n) is 11.1. The van der Waals surface area contributed by atoms with Crippen molar-refractivity contribution in [3.8, 4) is 5.75 Å². The van der Waals surface area contributed by atoms with E-state index < -0.39 is 0 Å². The molecule has 2 rings (SSSR count). The molecule has 0 aromatic heterocycles. The summed E-state index contributed by atoms with van der Waals surface area (Å²) >= 11 is 0. The predicted octanol–water partition coefficient (Wildman–Crippen LogP) is 5.75. The molecule has 0 aliphatic heterocycles. The average Bonchev–Trinajstić information content (AvgIpc) is 2.79. The SMILES string of the molecule is CC.CCOCCCNNC(c1ccccc1)c1cccc(OC[C@@H](C)CC)c1. The number of hydrogen-bond donors (Lipinski definition) is 2. The molecule has 162 valence electrons. The van der Waals surface area contributed by atoms with Crippen LogP contribution >= 0.6 is 0 Å². The van der Waals surface area contributed by atoms with Gasteiger partial charge in [0.2, 0.25) is 0 Å². The molecule has 0 saturated heterocycles. The van der Waals surface area contributed by atoms with Gasteiger partial charge in [0.25, 0.3) is 0 Å². The van der Waals surface area contributed by atoms with Gasteiger partial charge >= 0.3 is 0 Å². The molecule has 0 radical (unpaired) electrons. The Morgan fingerprint density at radius 1 is 0.931 bits per heavy atom. The van der Waals surface area contributed by atoms with Crippen LogP contribution in [-0.4, -0.2) is 26.4 Å². The highest BCUT2D eigenvalue weighted by Gasteiger charge is 2.14. The van der Waals surface area contributed by atoms with Crippen LogP contribution in [0.3, 0.4) is 0 Å². The fraction of sp³-hybridized carbons (Fsp3) is 0.520. The lowest BCUT2D eigenvalue weighted by molar-refractivity contribution is 0.143. The monoisotopic (exact) mass is 400 g/mol. The summed E-state index contributed by atoms with van der Waals surface area (Å²) in [5.41, 5.74) is 9.22. The highest BCUT2D eigenvalue weighted by atomic mass is 16.5. The third-order valence-electron chi connectivity index (χ3n) is 4.60. The Morgan fingerprint density at radius 2 is 1.66 bits per heavy atom. The van der Waals surface area contributed by atoms with E-state index in [2.05, 4.69) is 67.2 Å². The van der Waals surface area contributed by atoms with Crippen molar-refractivity contribution in [1.29, 1.82) is 0 Å². The molecule has 0 fully saturated rings. The fourth-order valence-corrected chi connectivity index (χ4v) is 2.73. The van der Waals surface area contributed by atoms with Gasteiger partial charge in [0, 0.05) is 19.8 Å². The Balaban J connectivity index is 0.00000204. The second-order valence-corrected chi connectivity index (χ2v) is 6.86. The second-order valence-electron chi connectivity index (χ2n) is 6.86. The molecule has 0 spiro atoms. The van der Waals surface area contributed by atoms with Gasteiger partial charge in [-0.1, -0.05) is 76.6 Å². The molecule has 4 heteroatoms. The van der Waals surface area contributed by atoms with Crippen molar-refractivity contribution in [2.45, 2.75) is 53.5 Å². The van der Waals surface area contributed by atoms with E-state index in [1.54, 1.807) is 0 Å². The molecule has 29 heavy (non-hydrogen) atoms. The maximum atomic E-state index is 5.99. The first kappa shape index (κ1) is 25.2. The molecule has 2 atom stereocenters. The van der Waals surface area contributed by atoms with Crippen molar-refractivity contribution in [2.24, 2.45) is 5.92 Å². The van der Waals surface area contributed by atoms with Gasteiger partial charge in [-0.15, -0.1) is 0 Å². The molecule has 4 nitrogen and oxygen atoms in total. The quantitative estimate of drug-likeness (QED) is 0.332. The zero-order chi connectivity index (χ0) is 21.3. The van der Waals surface area contributed by atoms with Crippen LogP contribution in [0.15, 0.2) is 54.6 Å². The first-order chi connectivity index (χ1) is 14.2. The fourth-order valence-electron chi connectivity index (χ4n) is 2.73. The Morgan fingerprint density at radius 3 is 2.34 bits per heavy atom. The summed E-state index contributed by atoms with van der Waals surface area (Å²) in [6, 6.07) is 18.9. The summed E-state index contributed by atoms with van der Waals surface area (Å²) in [6.45, 7) is 13.6. The Kier molecular flexibility index (Phi) is 13.9. The Bertz CT molecular complexity index is 634. The summed E-state index contributed by atoms with van der Waals surface area (Å²) in [7, 11) is 0. The van der Waals surface area contributed by atoms with E-state index in [9.17, 15) is 0 Å². The minimum Gasteiger partial charge on any atom is -0.493 e. The maximum absolute atomic E-state index is 5.99. The third kappa shape index (κ3) is 9.93. The second kappa shape index (κ2) is 16.0. The van der Waals surface area contributed by atoms with Crippen molar-refractivity contribution >= 4 is 0 Å². The van der Waals surface area contributed by atoms with E-state index in [0.29, 0.717) is 5.92 Å². The van der Waals surface area contributed by atoms with Crippen LogP contribution in [0.2, 0.25) is 0 Å². The molecule has 2 aromatic carbocycles. The Hall–Kier alpha value is -1.88. The van der Waals surface area contributed by atoms with Gasteiger partial charge in [-0.2, -0.15) is 0 Å². The predicted molar refractivity (Wildman–Crippen MR) is 123 cm³/mol. The number of nitrogens with one attached hydrogen (secondary N) is 2. The third-order valence-corrected chi connectivity index (χ3v) is 4.60. The van der Waals surface area contributed by atoms with Crippen LogP contribution in [0, 0.1) is 5.92 Å². The van der Waals surface area contributed by atoms with Crippen LogP contribution in [0.5, 0.6) is 5.75 Å². The van der Waals surface area contributed by atoms with Gasteiger partial charge in [-0.3, -0.25) is 5.43 Å². The van der Waals surface area contributed by atoms with Crippen molar-refractivity contribution in [1.82, 2.24) is 10.9 Å². The van der Waals surface area contributed by atoms with Crippen LogP contribution in [0.25, 0.3) is 0 Å². The van der Waals surface area contributed by atoms with Crippen molar-refractivity contribution in [2.75, 3.05) is 26.4 Å². The molecule has 0 aliphatic rings. The number of benzene rings is 2. The van der Waals surface area contributed by atoms with Crippen molar-refractivity contribution < 1.29 is 9.47 Å². The summed E-state index contributed by atoms with van der Waals surface area (Å²) in [6.07, 6.45) is 2.10. The minimum absolute atomic E-state index is 0.0606. The van der Waals surface area contributed by atoms with Gasteiger partial charge in [0.15, 0.2) is 0 Å². The molecular weight excluding hydrogens is 360 g/mol. The highest BCUT2D eigenvalue weighted by molar-refractivity contribution is 5.36. The average molecular weight is 401 g/mol. The summed E-state index contributed by atoms with van der Waals surface area (Å²) in [4.78, 5) is 0. The van der Waals surface area contributed by atoms with Gasteiger partial charge in [-0.05, 0) is 42.5 Å². The molecule has 0 saturated carbocycles. The Labute approximate surface area is 178 Å². The van der Waals surface area contributed by atoms with E-state index in [1.165, 1.54) is 11.1 Å². The molecule has 0 heterocycles. The molecule has 0 amide bonds. The van der Waals surface area contributed by atoms with E-state index in [0.717, 1.165) is 45.0 Å². The summed E-state index contributed by atoms with van der Waals surface area (Å²) in [5.74, 6) is 1.48.